The third kappa shape index (κ3) is 1.76. The van der Waals surface area contributed by atoms with Crippen molar-refractivity contribution in [3.63, 3.8) is 0 Å². The average molecular weight is 192 g/mol. The van der Waals surface area contributed by atoms with Gasteiger partial charge in [0.15, 0.2) is 0 Å². The molecule has 5 atom stereocenters. The number of fused-ring (bicyclic) bond motifs is 1. The van der Waals surface area contributed by atoms with Crippen LogP contribution in [0.4, 0.5) is 0 Å². The Labute approximate surface area is 88.8 Å². The van der Waals surface area contributed by atoms with Crippen molar-refractivity contribution in [2.75, 3.05) is 0 Å². The highest BCUT2D eigenvalue weighted by molar-refractivity contribution is 5.12. The molecule has 14 heavy (non-hydrogen) atoms. The summed E-state index contributed by atoms with van der Waals surface area (Å²) in [4.78, 5) is 0. The van der Waals surface area contributed by atoms with E-state index in [2.05, 4.69) is 33.8 Å². The molecule has 80 valence electrons. The first-order valence-corrected chi connectivity index (χ1v) is 6.26. The van der Waals surface area contributed by atoms with E-state index >= 15 is 0 Å². The molecule has 0 aromatic heterocycles. The average Bonchev–Trinajstić information content (AvgIpc) is 2.11. The summed E-state index contributed by atoms with van der Waals surface area (Å²) in [6, 6.07) is 0. The van der Waals surface area contributed by atoms with Crippen molar-refractivity contribution in [2.24, 2.45) is 29.6 Å². The van der Waals surface area contributed by atoms with Crippen LogP contribution in [-0.2, 0) is 0 Å². The van der Waals surface area contributed by atoms with Gasteiger partial charge >= 0.3 is 0 Å². The SMILES string of the molecule is CC1=CC2CC(C)C(C)CC2CC1C. The molecule has 2 aliphatic carbocycles. The minimum Gasteiger partial charge on any atom is -0.0819 e. The van der Waals surface area contributed by atoms with Crippen molar-refractivity contribution in [3.8, 4) is 0 Å². The van der Waals surface area contributed by atoms with Crippen LogP contribution in [0.5, 0.6) is 0 Å². The normalized spacial score (nSPS) is 48.3. The van der Waals surface area contributed by atoms with Gasteiger partial charge in [-0.25, -0.2) is 0 Å². The zero-order valence-corrected chi connectivity index (χ0v) is 10.1. The van der Waals surface area contributed by atoms with Gasteiger partial charge in [-0.1, -0.05) is 32.4 Å². The fraction of sp³-hybridized carbons (Fsp3) is 0.857. The molecular weight excluding hydrogens is 168 g/mol. The second-order valence-corrected chi connectivity index (χ2v) is 5.90. The maximum Gasteiger partial charge on any atom is -0.0200 e. The minimum atomic E-state index is 0.844. The zero-order chi connectivity index (χ0) is 10.3. The van der Waals surface area contributed by atoms with Crippen LogP contribution < -0.4 is 0 Å². The van der Waals surface area contributed by atoms with Gasteiger partial charge in [-0.05, 0) is 55.8 Å². The number of hydrogen-bond donors (Lipinski definition) is 0. The maximum absolute atomic E-state index is 2.58. The number of rotatable bonds is 0. The zero-order valence-electron chi connectivity index (χ0n) is 10.1. The standard InChI is InChI=1S/C14H24/c1-9-5-13-7-11(3)12(4)8-14(13)6-10(9)2/h5,10-14H,6-8H2,1-4H3. The number of hydrogen-bond acceptors (Lipinski definition) is 0. The molecule has 0 radical (unpaired) electrons. The van der Waals surface area contributed by atoms with Crippen molar-refractivity contribution in [3.05, 3.63) is 11.6 Å². The van der Waals surface area contributed by atoms with Crippen LogP contribution in [0.25, 0.3) is 0 Å². The van der Waals surface area contributed by atoms with Crippen LogP contribution in [0.3, 0.4) is 0 Å². The lowest BCUT2D eigenvalue weighted by Crippen LogP contribution is -2.32. The largest absolute Gasteiger partial charge is 0.0819 e. The van der Waals surface area contributed by atoms with E-state index in [0.717, 1.165) is 29.6 Å². The molecule has 1 fully saturated rings. The summed E-state index contributed by atoms with van der Waals surface area (Å²) in [5.41, 5.74) is 1.65. The first-order chi connectivity index (χ1) is 6.58. The Bertz CT molecular complexity index is 238. The molecule has 0 aromatic rings. The van der Waals surface area contributed by atoms with E-state index in [0.29, 0.717) is 0 Å². The molecule has 0 spiro atoms. The van der Waals surface area contributed by atoms with Gasteiger partial charge in [-0.15, -0.1) is 0 Å². The van der Waals surface area contributed by atoms with E-state index in [-0.39, 0.29) is 0 Å². The van der Waals surface area contributed by atoms with Crippen molar-refractivity contribution < 1.29 is 0 Å². The lowest BCUT2D eigenvalue weighted by molar-refractivity contribution is 0.135. The number of allylic oxidation sites excluding steroid dienone is 2. The Hall–Kier alpha value is -0.260. The summed E-state index contributed by atoms with van der Waals surface area (Å²) in [6.07, 6.45) is 6.95. The Morgan fingerprint density at radius 2 is 1.64 bits per heavy atom. The summed E-state index contributed by atoms with van der Waals surface area (Å²) < 4.78 is 0. The second kappa shape index (κ2) is 3.72. The minimum absolute atomic E-state index is 0.844. The lowest BCUT2D eigenvalue weighted by atomic mass is 9.63. The fourth-order valence-electron chi connectivity index (χ4n) is 3.36. The first kappa shape index (κ1) is 10.3. The molecule has 1 saturated carbocycles. The Morgan fingerprint density at radius 3 is 2.36 bits per heavy atom. The molecule has 0 nitrogen and oxygen atoms in total. The molecule has 0 N–H and O–H groups in total. The van der Waals surface area contributed by atoms with Crippen LogP contribution in [0.15, 0.2) is 11.6 Å². The summed E-state index contributed by atoms with van der Waals surface area (Å²) in [5, 5.41) is 0. The lowest BCUT2D eigenvalue weighted by Gasteiger charge is -2.42. The summed E-state index contributed by atoms with van der Waals surface area (Å²) in [6.45, 7) is 9.59. The predicted molar refractivity (Wildman–Crippen MR) is 62.1 cm³/mol. The van der Waals surface area contributed by atoms with Crippen molar-refractivity contribution in [1.82, 2.24) is 0 Å². The van der Waals surface area contributed by atoms with E-state index in [9.17, 15) is 0 Å². The molecule has 5 unspecified atom stereocenters. The molecule has 2 aliphatic rings. The Balaban J connectivity index is 2.13. The van der Waals surface area contributed by atoms with Crippen LogP contribution >= 0.6 is 0 Å². The molecule has 0 heteroatoms. The summed E-state index contributed by atoms with van der Waals surface area (Å²) in [5.74, 6) is 4.65. The van der Waals surface area contributed by atoms with Crippen molar-refractivity contribution in [1.29, 1.82) is 0 Å². The monoisotopic (exact) mass is 192 g/mol. The molecule has 0 heterocycles. The quantitative estimate of drug-likeness (QED) is 0.503. The first-order valence-electron chi connectivity index (χ1n) is 6.26. The van der Waals surface area contributed by atoms with Gasteiger partial charge in [0, 0.05) is 0 Å². The second-order valence-electron chi connectivity index (χ2n) is 5.90. The van der Waals surface area contributed by atoms with Gasteiger partial charge in [0.2, 0.25) is 0 Å². The highest BCUT2D eigenvalue weighted by Gasteiger charge is 2.35. The topological polar surface area (TPSA) is 0 Å². The van der Waals surface area contributed by atoms with E-state index in [1.807, 2.05) is 0 Å². The summed E-state index contributed by atoms with van der Waals surface area (Å²) in [7, 11) is 0. The Kier molecular flexibility index (Phi) is 2.72. The predicted octanol–water partition coefficient (Wildman–Crippen LogP) is 4.27. The fourth-order valence-corrected chi connectivity index (χ4v) is 3.36. The molecule has 0 aliphatic heterocycles. The molecule has 2 rings (SSSR count). The molecule has 0 saturated heterocycles. The molecule has 0 amide bonds. The van der Waals surface area contributed by atoms with Gasteiger partial charge in [-0.3, -0.25) is 0 Å². The van der Waals surface area contributed by atoms with E-state index in [1.165, 1.54) is 19.3 Å². The molecule has 0 aromatic carbocycles. The highest BCUT2D eigenvalue weighted by Crippen LogP contribution is 2.45. The molecule has 0 bridgehead atoms. The van der Waals surface area contributed by atoms with Gasteiger partial charge in [-0.2, -0.15) is 0 Å². The van der Waals surface area contributed by atoms with Gasteiger partial charge < -0.3 is 0 Å². The van der Waals surface area contributed by atoms with Gasteiger partial charge in [0.25, 0.3) is 0 Å². The van der Waals surface area contributed by atoms with Crippen LogP contribution in [0.2, 0.25) is 0 Å². The van der Waals surface area contributed by atoms with Crippen LogP contribution in [0.1, 0.15) is 47.0 Å². The maximum atomic E-state index is 2.58. The van der Waals surface area contributed by atoms with Gasteiger partial charge in [0.05, 0.1) is 0 Å². The van der Waals surface area contributed by atoms with Crippen LogP contribution in [0, 0.1) is 29.6 Å². The Morgan fingerprint density at radius 1 is 1.00 bits per heavy atom. The van der Waals surface area contributed by atoms with E-state index in [1.54, 1.807) is 5.57 Å². The smallest absolute Gasteiger partial charge is 0.0200 e. The molecular formula is C14H24. The van der Waals surface area contributed by atoms with Gasteiger partial charge in [0.1, 0.15) is 0 Å². The van der Waals surface area contributed by atoms with Crippen LogP contribution in [-0.4, -0.2) is 0 Å². The highest BCUT2D eigenvalue weighted by atomic mass is 14.4. The third-order valence-corrected chi connectivity index (χ3v) is 4.81. The van der Waals surface area contributed by atoms with Crippen molar-refractivity contribution in [2.45, 2.75) is 47.0 Å². The summed E-state index contributed by atoms with van der Waals surface area (Å²) >= 11 is 0. The van der Waals surface area contributed by atoms with Crippen molar-refractivity contribution >= 4 is 0 Å². The van der Waals surface area contributed by atoms with E-state index in [4.69, 9.17) is 0 Å². The third-order valence-electron chi connectivity index (χ3n) is 4.81. The van der Waals surface area contributed by atoms with E-state index < -0.39 is 0 Å².